The molecular weight excluding hydrogens is 458 g/mol. The van der Waals surface area contributed by atoms with Gasteiger partial charge in [-0.1, -0.05) is 18.7 Å². The summed E-state index contributed by atoms with van der Waals surface area (Å²) in [5.74, 6) is -0.0695. The number of aromatic nitrogens is 2. The number of ether oxygens (including phenoxy) is 1. The Morgan fingerprint density at radius 1 is 1.39 bits per heavy atom. The van der Waals surface area contributed by atoms with E-state index in [1.54, 1.807) is 4.57 Å². The van der Waals surface area contributed by atoms with E-state index in [1.165, 1.54) is 23.1 Å². The van der Waals surface area contributed by atoms with Crippen molar-refractivity contribution in [2.75, 3.05) is 23.9 Å². The molecule has 8 nitrogen and oxygen atoms in total. The third-order valence-corrected chi connectivity index (χ3v) is 9.56. The topological polar surface area (TPSA) is 107 Å². The molecule has 4 heterocycles. The van der Waals surface area contributed by atoms with Crippen molar-refractivity contribution in [1.29, 1.82) is 0 Å². The smallest absolute Gasteiger partial charge is 0.263 e. The molecule has 2 atom stereocenters. The predicted octanol–water partition coefficient (Wildman–Crippen LogP) is 1.90. The van der Waals surface area contributed by atoms with Crippen LogP contribution in [0.1, 0.15) is 36.6 Å². The summed E-state index contributed by atoms with van der Waals surface area (Å²) >= 11 is 2.72. The normalized spacial score (nSPS) is 22.9. The number of sulfone groups is 1. The van der Waals surface area contributed by atoms with Crippen molar-refractivity contribution >= 4 is 49.1 Å². The second-order valence-electron chi connectivity index (χ2n) is 8.07. The lowest BCUT2D eigenvalue weighted by molar-refractivity contribution is -0.119. The SMILES string of the molecule is CCc1c(C)sc2nc(SCC(=O)NC3CCS(=O)(=O)C3)n(CC3CCCO3)c(=O)c12. The van der Waals surface area contributed by atoms with Crippen LogP contribution in [0.3, 0.4) is 0 Å². The summed E-state index contributed by atoms with van der Waals surface area (Å²) in [6.07, 6.45) is 3.05. The van der Waals surface area contributed by atoms with Crippen LogP contribution in [0.4, 0.5) is 0 Å². The van der Waals surface area contributed by atoms with Gasteiger partial charge < -0.3 is 10.1 Å². The summed E-state index contributed by atoms with van der Waals surface area (Å²) in [6.45, 7) is 5.16. The number of rotatable bonds is 7. The Balaban J connectivity index is 1.57. The fraction of sp³-hybridized carbons (Fsp3) is 0.650. The third-order valence-electron chi connectivity index (χ3n) is 5.77. The molecule has 170 valence electrons. The number of hydrogen-bond donors (Lipinski definition) is 1. The van der Waals surface area contributed by atoms with E-state index in [4.69, 9.17) is 9.72 Å². The number of fused-ring (bicyclic) bond motifs is 1. The lowest BCUT2D eigenvalue weighted by Crippen LogP contribution is -2.37. The average molecular weight is 486 g/mol. The zero-order chi connectivity index (χ0) is 22.2. The van der Waals surface area contributed by atoms with E-state index in [2.05, 4.69) is 5.32 Å². The minimum atomic E-state index is -3.05. The highest BCUT2D eigenvalue weighted by Gasteiger charge is 2.29. The highest BCUT2D eigenvalue weighted by Crippen LogP contribution is 2.30. The largest absolute Gasteiger partial charge is 0.376 e. The molecule has 2 aliphatic heterocycles. The van der Waals surface area contributed by atoms with Crippen LogP contribution in [0.2, 0.25) is 0 Å². The number of thiophene rings is 1. The molecule has 0 aliphatic carbocycles. The first-order valence-electron chi connectivity index (χ1n) is 10.5. The molecule has 0 bridgehead atoms. The zero-order valence-electron chi connectivity index (χ0n) is 17.7. The average Bonchev–Trinajstić information content (AvgIpc) is 3.41. The maximum Gasteiger partial charge on any atom is 0.263 e. The molecule has 31 heavy (non-hydrogen) atoms. The van der Waals surface area contributed by atoms with Gasteiger partial charge in [0.05, 0.1) is 35.3 Å². The van der Waals surface area contributed by atoms with Crippen LogP contribution in [0.15, 0.2) is 9.95 Å². The number of carbonyl (C=O) groups is 1. The van der Waals surface area contributed by atoms with Crippen molar-refractivity contribution in [3.8, 4) is 0 Å². The predicted molar refractivity (Wildman–Crippen MR) is 123 cm³/mol. The van der Waals surface area contributed by atoms with Gasteiger partial charge in [0.2, 0.25) is 5.91 Å². The Morgan fingerprint density at radius 2 is 2.19 bits per heavy atom. The van der Waals surface area contributed by atoms with Gasteiger partial charge in [0.1, 0.15) is 4.83 Å². The fourth-order valence-corrected chi connectivity index (χ4v) is 7.88. The van der Waals surface area contributed by atoms with E-state index in [1.807, 2.05) is 13.8 Å². The molecule has 2 fully saturated rings. The van der Waals surface area contributed by atoms with Gasteiger partial charge in [-0.25, -0.2) is 13.4 Å². The van der Waals surface area contributed by atoms with Crippen LogP contribution in [-0.2, 0) is 32.3 Å². The minimum absolute atomic E-state index is 0.00832. The first-order chi connectivity index (χ1) is 14.8. The summed E-state index contributed by atoms with van der Waals surface area (Å²) in [7, 11) is -3.05. The molecule has 2 aromatic rings. The van der Waals surface area contributed by atoms with E-state index < -0.39 is 9.84 Å². The molecule has 0 spiro atoms. The van der Waals surface area contributed by atoms with E-state index >= 15 is 0 Å². The van der Waals surface area contributed by atoms with E-state index in [0.29, 0.717) is 34.9 Å². The molecule has 2 aromatic heterocycles. The van der Waals surface area contributed by atoms with Gasteiger partial charge in [0.15, 0.2) is 15.0 Å². The van der Waals surface area contributed by atoms with Crippen LogP contribution in [0, 0.1) is 6.92 Å². The summed E-state index contributed by atoms with van der Waals surface area (Å²) in [5.41, 5.74) is 0.960. The quantitative estimate of drug-likeness (QED) is 0.471. The molecule has 0 aromatic carbocycles. The van der Waals surface area contributed by atoms with Crippen LogP contribution in [0.5, 0.6) is 0 Å². The first-order valence-corrected chi connectivity index (χ1v) is 14.2. The zero-order valence-corrected chi connectivity index (χ0v) is 20.1. The lowest BCUT2D eigenvalue weighted by atomic mass is 10.1. The summed E-state index contributed by atoms with van der Waals surface area (Å²) in [5, 5.41) is 3.97. The molecule has 0 saturated carbocycles. The van der Waals surface area contributed by atoms with Gasteiger partial charge in [-0.05, 0) is 38.2 Å². The van der Waals surface area contributed by atoms with Crippen molar-refractivity contribution < 1.29 is 17.9 Å². The van der Waals surface area contributed by atoms with Gasteiger partial charge in [0, 0.05) is 17.5 Å². The summed E-state index contributed by atoms with van der Waals surface area (Å²) in [4.78, 5) is 32.4. The number of amides is 1. The summed E-state index contributed by atoms with van der Waals surface area (Å²) in [6, 6.07) is -0.338. The van der Waals surface area contributed by atoms with E-state index in [9.17, 15) is 18.0 Å². The number of aryl methyl sites for hydroxylation is 2. The highest BCUT2D eigenvalue weighted by atomic mass is 32.2. The number of thioether (sulfide) groups is 1. The Labute approximate surface area is 189 Å². The number of carbonyl (C=O) groups excluding carboxylic acids is 1. The van der Waals surface area contributed by atoms with Gasteiger partial charge in [0.25, 0.3) is 5.56 Å². The fourth-order valence-electron chi connectivity index (χ4n) is 4.23. The van der Waals surface area contributed by atoms with Crippen molar-refractivity contribution in [3.63, 3.8) is 0 Å². The minimum Gasteiger partial charge on any atom is -0.376 e. The van der Waals surface area contributed by atoms with Crippen molar-refractivity contribution in [3.05, 3.63) is 20.8 Å². The molecule has 1 amide bonds. The Kier molecular flexibility index (Phi) is 6.76. The van der Waals surface area contributed by atoms with E-state index in [0.717, 1.165) is 29.7 Å². The molecule has 0 radical (unpaired) electrons. The van der Waals surface area contributed by atoms with Crippen LogP contribution in [0.25, 0.3) is 10.2 Å². The standard InChI is InChI=1S/C20H27N3O5S3/c1-3-15-12(2)30-18-17(15)19(25)23(9-14-5-4-7-28-14)20(22-18)29-10-16(24)21-13-6-8-31(26,27)11-13/h13-14H,3-11H2,1-2H3,(H,21,24). The lowest BCUT2D eigenvalue weighted by Gasteiger charge is -2.16. The van der Waals surface area contributed by atoms with Gasteiger partial charge in [-0.15, -0.1) is 11.3 Å². The maximum atomic E-state index is 13.4. The molecule has 1 N–H and O–H groups in total. The van der Waals surface area contributed by atoms with Gasteiger partial charge in [-0.2, -0.15) is 0 Å². The first kappa shape index (κ1) is 22.8. The third kappa shape index (κ3) is 4.99. The molecule has 2 aliphatic rings. The van der Waals surface area contributed by atoms with Crippen LogP contribution < -0.4 is 10.9 Å². The van der Waals surface area contributed by atoms with Crippen molar-refractivity contribution in [1.82, 2.24) is 14.9 Å². The number of hydrogen-bond acceptors (Lipinski definition) is 8. The second-order valence-corrected chi connectivity index (χ2v) is 12.4. The Hall–Kier alpha value is -1.43. The van der Waals surface area contributed by atoms with E-state index in [-0.39, 0.29) is 40.9 Å². The molecule has 11 heteroatoms. The molecular formula is C20H27N3O5S3. The molecule has 2 unspecified atom stereocenters. The van der Waals surface area contributed by atoms with Crippen LogP contribution in [-0.4, -0.2) is 59.9 Å². The Morgan fingerprint density at radius 3 is 2.84 bits per heavy atom. The van der Waals surface area contributed by atoms with Gasteiger partial charge in [-0.3, -0.25) is 14.2 Å². The maximum absolute atomic E-state index is 13.4. The Bertz CT molecular complexity index is 1150. The molecule has 4 rings (SSSR count). The van der Waals surface area contributed by atoms with Crippen molar-refractivity contribution in [2.24, 2.45) is 0 Å². The number of nitrogens with one attached hydrogen (secondary N) is 1. The second kappa shape index (κ2) is 9.21. The molecule has 2 saturated heterocycles. The number of nitrogens with zero attached hydrogens (tertiary/aromatic N) is 2. The summed E-state index contributed by atoms with van der Waals surface area (Å²) < 4.78 is 30.6. The monoisotopic (exact) mass is 485 g/mol. The van der Waals surface area contributed by atoms with Crippen molar-refractivity contribution in [2.45, 2.75) is 63.4 Å². The van der Waals surface area contributed by atoms with Gasteiger partial charge >= 0.3 is 0 Å². The van der Waals surface area contributed by atoms with Crippen LogP contribution >= 0.6 is 23.1 Å². The highest BCUT2D eigenvalue weighted by molar-refractivity contribution is 7.99.